The second-order valence-corrected chi connectivity index (χ2v) is 10.1. The number of nitriles is 1. The minimum Gasteiger partial charge on any atom is -0.370 e. The van der Waals surface area contributed by atoms with E-state index in [0.717, 1.165) is 27.8 Å². The number of fused-ring (bicyclic) bond motifs is 2. The van der Waals surface area contributed by atoms with E-state index < -0.39 is 16.3 Å². The van der Waals surface area contributed by atoms with Gasteiger partial charge in [-0.05, 0) is 60.4 Å². The Balaban J connectivity index is 1.80. The minimum atomic E-state index is -3.65. The smallest absolute Gasteiger partial charge is 0.242 e. The van der Waals surface area contributed by atoms with Gasteiger partial charge in [0, 0.05) is 23.2 Å². The van der Waals surface area contributed by atoms with Crippen LogP contribution in [0.3, 0.4) is 0 Å². The fraction of sp³-hybridized carbons (Fsp3) is 0.167. The van der Waals surface area contributed by atoms with Crippen LogP contribution in [-0.2, 0) is 16.4 Å². The van der Waals surface area contributed by atoms with Gasteiger partial charge in [-0.25, -0.2) is 18.1 Å². The summed E-state index contributed by atoms with van der Waals surface area (Å²) in [6, 6.07) is 13.0. The highest BCUT2D eigenvalue weighted by molar-refractivity contribution is 7.89. The first kappa shape index (κ1) is 21.6. The number of pyridine rings is 1. The third-order valence-electron chi connectivity index (χ3n) is 5.89. The average molecular weight is 479 g/mol. The quantitative estimate of drug-likeness (QED) is 0.515. The van der Waals surface area contributed by atoms with E-state index in [-0.39, 0.29) is 9.92 Å². The van der Waals surface area contributed by atoms with Gasteiger partial charge in [-0.1, -0.05) is 29.8 Å². The lowest BCUT2D eigenvalue weighted by Crippen LogP contribution is -2.32. The van der Waals surface area contributed by atoms with Gasteiger partial charge in [0.15, 0.2) is 0 Å². The molecule has 0 aliphatic carbocycles. The van der Waals surface area contributed by atoms with Crippen molar-refractivity contribution in [3.8, 4) is 28.5 Å². The lowest BCUT2D eigenvalue weighted by molar-refractivity contribution is 0.251. The highest BCUT2D eigenvalue weighted by Crippen LogP contribution is 2.40. The SMILES string of the molecule is Cc1c(C#N)cccc1-c1nc2c(cc1-c1cc(Cl)c3c(c1)CCNS3(=O)=O)C=CC(O)N2. The van der Waals surface area contributed by atoms with Crippen LogP contribution in [0.15, 0.2) is 47.4 Å². The monoisotopic (exact) mass is 478 g/mol. The van der Waals surface area contributed by atoms with Crippen LogP contribution < -0.4 is 10.0 Å². The molecule has 1 aromatic heterocycles. The molecule has 2 aliphatic rings. The van der Waals surface area contributed by atoms with Crippen molar-refractivity contribution in [3.05, 3.63) is 69.8 Å². The van der Waals surface area contributed by atoms with Crippen LogP contribution in [0.4, 0.5) is 5.82 Å². The number of sulfonamides is 1. The molecule has 7 nitrogen and oxygen atoms in total. The summed E-state index contributed by atoms with van der Waals surface area (Å²) >= 11 is 6.48. The Kier molecular flexibility index (Phi) is 5.22. The largest absolute Gasteiger partial charge is 0.370 e. The Labute approximate surface area is 196 Å². The number of benzene rings is 2. The van der Waals surface area contributed by atoms with E-state index in [9.17, 15) is 18.8 Å². The number of hydrogen-bond acceptors (Lipinski definition) is 6. The maximum atomic E-state index is 12.5. The normalized spacial score (nSPS) is 18.1. The van der Waals surface area contributed by atoms with Crippen LogP contribution in [0.2, 0.25) is 5.02 Å². The van der Waals surface area contributed by atoms with E-state index in [4.69, 9.17) is 16.6 Å². The summed E-state index contributed by atoms with van der Waals surface area (Å²) in [6.45, 7) is 2.16. The molecule has 3 N–H and O–H groups in total. The third-order valence-corrected chi connectivity index (χ3v) is 7.90. The first-order valence-electron chi connectivity index (χ1n) is 10.3. The Morgan fingerprint density at radius 1 is 1.24 bits per heavy atom. The van der Waals surface area contributed by atoms with Gasteiger partial charge in [0.25, 0.3) is 0 Å². The molecule has 1 atom stereocenters. The molecule has 3 heterocycles. The predicted octanol–water partition coefficient (Wildman–Crippen LogP) is 3.84. The Hall–Kier alpha value is -3.22. The number of rotatable bonds is 2. The molecule has 9 heteroatoms. The molecule has 3 aromatic rings. The first-order valence-corrected chi connectivity index (χ1v) is 12.1. The summed E-state index contributed by atoms with van der Waals surface area (Å²) in [5.41, 5.74) is 5.57. The van der Waals surface area contributed by atoms with Crippen molar-refractivity contribution in [2.45, 2.75) is 24.5 Å². The highest BCUT2D eigenvalue weighted by Gasteiger charge is 2.28. The van der Waals surface area contributed by atoms with E-state index >= 15 is 0 Å². The molecule has 2 aliphatic heterocycles. The second-order valence-electron chi connectivity index (χ2n) is 7.95. The van der Waals surface area contributed by atoms with E-state index in [0.29, 0.717) is 35.6 Å². The topological polar surface area (TPSA) is 115 Å². The van der Waals surface area contributed by atoms with Crippen molar-refractivity contribution in [2.24, 2.45) is 0 Å². The molecule has 0 saturated carbocycles. The molecular weight excluding hydrogens is 460 g/mol. The minimum absolute atomic E-state index is 0.110. The number of anilines is 1. The van der Waals surface area contributed by atoms with Crippen LogP contribution in [0, 0.1) is 18.3 Å². The molecule has 0 spiro atoms. The van der Waals surface area contributed by atoms with Crippen LogP contribution >= 0.6 is 11.6 Å². The second kappa shape index (κ2) is 7.97. The van der Waals surface area contributed by atoms with Crippen molar-refractivity contribution in [2.75, 3.05) is 11.9 Å². The predicted molar refractivity (Wildman–Crippen MR) is 127 cm³/mol. The number of hydrogen-bond donors (Lipinski definition) is 3. The molecule has 1 unspecified atom stereocenters. The number of halogens is 1. The molecule has 5 rings (SSSR count). The average Bonchev–Trinajstić information content (AvgIpc) is 2.77. The third kappa shape index (κ3) is 3.69. The summed E-state index contributed by atoms with van der Waals surface area (Å²) in [5, 5.41) is 22.6. The maximum absolute atomic E-state index is 12.5. The van der Waals surface area contributed by atoms with Crippen molar-refractivity contribution in [1.29, 1.82) is 5.26 Å². The highest BCUT2D eigenvalue weighted by atomic mass is 35.5. The van der Waals surface area contributed by atoms with E-state index in [1.807, 2.05) is 25.1 Å². The van der Waals surface area contributed by atoms with E-state index in [1.54, 1.807) is 30.4 Å². The molecule has 0 saturated heterocycles. The zero-order valence-electron chi connectivity index (χ0n) is 17.6. The fourth-order valence-electron chi connectivity index (χ4n) is 4.28. The van der Waals surface area contributed by atoms with Gasteiger partial charge >= 0.3 is 0 Å². The van der Waals surface area contributed by atoms with Crippen LogP contribution in [0.1, 0.15) is 22.3 Å². The van der Waals surface area contributed by atoms with Crippen LogP contribution in [0.25, 0.3) is 28.5 Å². The Bertz CT molecular complexity index is 1490. The van der Waals surface area contributed by atoms with Crippen molar-refractivity contribution >= 4 is 33.5 Å². The van der Waals surface area contributed by atoms with Gasteiger partial charge in [-0.15, -0.1) is 0 Å². The van der Waals surface area contributed by atoms with Gasteiger partial charge in [-0.3, -0.25) is 0 Å². The van der Waals surface area contributed by atoms with Crippen LogP contribution in [0.5, 0.6) is 0 Å². The summed E-state index contributed by atoms with van der Waals surface area (Å²) in [7, 11) is -3.65. The molecule has 0 radical (unpaired) electrons. The van der Waals surface area contributed by atoms with E-state index in [2.05, 4.69) is 16.1 Å². The summed E-state index contributed by atoms with van der Waals surface area (Å²) < 4.78 is 27.5. The lowest BCUT2D eigenvalue weighted by atomic mass is 9.92. The molecule has 0 fully saturated rings. The van der Waals surface area contributed by atoms with Crippen molar-refractivity contribution in [3.63, 3.8) is 0 Å². The number of aliphatic hydroxyl groups excluding tert-OH is 1. The molecule has 166 valence electrons. The van der Waals surface area contributed by atoms with Gasteiger partial charge in [0.1, 0.15) is 16.9 Å². The van der Waals surface area contributed by atoms with E-state index in [1.165, 1.54) is 0 Å². The number of nitrogens with one attached hydrogen (secondary N) is 2. The standard InChI is InChI=1S/C24H19ClN4O3S/c1-13-16(12-26)3-2-4-18(13)22-19(10-15-5-6-21(30)28-24(15)29-22)17-9-14-7-8-27-33(31,32)23(14)20(25)11-17/h2-6,9-11,21,27,30H,7-8H2,1H3,(H,28,29). The molecule has 0 bridgehead atoms. The maximum Gasteiger partial charge on any atom is 0.242 e. The van der Waals surface area contributed by atoms with Gasteiger partial charge in [-0.2, -0.15) is 5.26 Å². The van der Waals surface area contributed by atoms with Crippen LogP contribution in [-0.4, -0.2) is 31.3 Å². The lowest BCUT2D eigenvalue weighted by Gasteiger charge is -2.23. The zero-order chi connectivity index (χ0) is 23.3. The summed E-state index contributed by atoms with van der Waals surface area (Å²) in [6.07, 6.45) is 3.06. The zero-order valence-corrected chi connectivity index (χ0v) is 19.1. The number of aromatic nitrogens is 1. The molecule has 0 amide bonds. The molecular formula is C24H19ClN4O3S. The first-order chi connectivity index (χ1) is 15.8. The summed E-state index contributed by atoms with van der Waals surface area (Å²) in [5.74, 6) is 0.515. The van der Waals surface area contributed by atoms with Crippen molar-refractivity contribution < 1.29 is 13.5 Å². The fourth-order valence-corrected chi connectivity index (χ4v) is 6.16. The number of aliphatic hydroxyl groups is 1. The Morgan fingerprint density at radius 3 is 2.85 bits per heavy atom. The van der Waals surface area contributed by atoms with Gasteiger partial charge in [0.2, 0.25) is 10.0 Å². The van der Waals surface area contributed by atoms with Crippen molar-refractivity contribution in [1.82, 2.24) is 9.71 Å². The molecule has 2 aromatic carbocycles. The van der Waals surface area contributed by atoms with Gasteiger partial charge < -0.3 is 10.4 Å². The number of nitrogens with zero attached hydrogens (tertiary/aromatic N) is 2. The van der Waals surface area contributed by atoms with Gasteiger partial charge in [0.05, 0.1) is 22.3 Å². The molecule has 33 heavy (non-hydrogen) atoms. The Morgan fingerprint density at radius 2 is 2.06 bits per heavy atom. The summed E-state index contributed by atoms with van der Waals surface area (Å²) in [4.78, 5) is 4.92.